The Balaban J connectivity index is 1.77. The summed E-state index contributed by atoms with van der Waals surface area (Å²) in [4.78, 5) is 16.2. The second-order valence-corrected chi connectivity index (χ2v) is 9.10. The Morgan fingerprint density at radius 1 is 1.24 bits per heavy atom. The summed E-state index contributed by atoms with van der Waals surface area (Å²) in [6, 6.07) is 3.45. The Bertz CT molecular complexity index is 761. The number of carbonyl (C=O) groups is 1. The first-order valence-corrected chi connectivity index (χ1v) is 11.0. The van der Waals surface area contributed by atoms with Crippen LogP contribution in [0, 0.1) is 0 Å². The van der Waals surface area contributed by atoms with Crippen molar-refractivity contribution in [1.82, 2.24) is 9.62 Å². The molecule has 0 aromatic heterocycles. The van der Waals surface area contributed by atoms with Gasteiger partial charge in [0.1, 0.15) is 0 Å². The Labute approximate surface area is 157 Å². The maximum Gasteiger partial charge on any atom is 0.241 e. The molecule has 0 aliphatic carbocycles. The average Bonchev–Trinajstić information content (AvgIpc) is 3.22. The normalized spacial score (nSPS) is 17.9. The minimum atomic E-state index is -3.62. The minimum Gasteiger partial charge on any atom is -0.312 e. The monoisotopic (exact) mass is 429 g/mol. The predicted octanol–water partition coefficient (Wildman–Crippen LogP) is 2.12. The van der Waals surface area contributed by atoms with E-state index in [2.05, 4.69) is 25.6 Å². The van der Waals surface area contributed by atoms with Gasteiger partial charge < -0.3 is 9.80 Å². The number of hydrogen-bond acceptors (Lipinski definition) is 4. The highest BCUT2D eigenvalue weighted by atomic mass is 79.9. The standard InChI is InChI=1S/C17H24BrN3O3S/c1-2-17(22)21-9-5-13-11-14(18)16(12-15(13)21)25(23,24)19-6-10-20-7-3-4-8-20/h11-12,19H,2-10H2,1H3. The first-order valence-electron chi connectivity index (χ1n) is 8.77. The molecule has 2 aliphatic rings. The summed E-state index contributed by atoms with van der Waals surface area (Å²) in [6.07, 6.45) is 3.53. The van der Waals surface area contributed by atoms with Crippen molar-refractivity contribution in [2.45, 2.75) is 37.5 Å². The molecule has 0 saturated carbocycles. The molecular formula is C17H24BrN3O3S. The Morgan fingerprint density at radius 2 is 1.96 bits per heavy atom. The number of nitrogens with one attached hydrogen (secondary N) is 1. The first kappa shape index (κ1) is 18.8. The maximum atomic E-state index is 12.7. The zero-order valence-electron chi connectivity index (χ0n) is 14.4. The quantitative estimate of drug-likeness (QED) is 0.751. The van der Waals surface area contributed by atoms with Gasteiger partial charge in [0, 0.05) is 36.2 Å². The Morgan fingerprint density at radius 3 is 2.64 bits per heavy atom. The molecule has 1 fully saturated rings. The van der Waals surface area contributed by atoms with E-state index >= 15 is 0 Å². The summed E-state index contributed by atoms with van der Waals surface area (Å²) in [6.45, 7) is 5.62. The molecule has 1 N–H and O–H groups in total. The van der Waals surface area contributed by atoms with E-state index in [1.807, 2.05) is 13.0 Å². The molecule has 0 atom stereocenters. The van der Waals surface area contributed by atoms with Gasteiger partial charge in [-0.3, -0.25) is 4.79 Å². The van der Waals surface area contributed by atoms with Crippen LogP contribution >= 0.6 is 15.9 Å². The fraction of sp³-hybridized carbons (Fsp3) is 0.588. The van der Waals surface area contributed by atoms with Crippen molar-refractivity contribution in [3.8, 4) is 0 Å². The fourth-order valence-electron chi connectivity index (χ4n) is 3.47. The van der Waals surface area contributed by atoms with Crippen LogP contribution in [0.25, 0.3) is 0 Å². The first-order chi connectivity index (χ1) is 11.9. The minimum absolute atomic E-state index is 0.0198. The molecule has 138 valence electrons. The van der Waals surface area contributed by atoms with Gasteiger partial charge in [0.05, 0.1) is 4.90 Å². The van der Waals surface area contributed by atoms with Gasteiger partial charge >= 0.3 is 0 Å². The molecule has 1 saturated heterocycles. The lowest BCUT2D eigenvalue weighted by Crippen LogP contribution is -2.33. The third kappa shape index (κ3) is 4.07. The van der Waals surface area contributed by atoms with Crippen molar-refractivity contribution in [1.29, 1.82) is 0 Å². The number of rotatable bonds is 6. The van der Waals surface area contributed by atoms with Gasteiger partial charge in [-0.15, -0.1) is 0 Å². The smallest absolute Gasteiger partial charge is 0.241 e. The highest BCUT2D eigenvalue weighted by Gasteiger charge is 2.28. The van der Waals surface area contributed by atoms with Crippen LogP contribution in [0.3, 0.4) is 0 Å². The number of hydrogen-bond donors (Lipinski definition) is 1. The topological polar surface area (TPSA) is 69.7 Å². The van der Waals surface area contributed by atoms with Crippen molar-refractivity contribution in [3.05, 3.63) is 22.2 Å². The van der Waals surface area contributed by atoms with Gasteiger partial charge in [0.15, 0.2) is 0 Å². The number of amides is 1. The molecule has 2 heterocycles. The van der Waals surface area contributed by atoms with Gasteiger partial charge in [-0.25, -0.2) is 13.1 Å². The molecule has 3 rings (SSSR count). The molecule has 0 spiro atoms. The second kappa shape index (κ2) is 7.73. The lowest BCUT2D eigenvalue weighted by atomic mass is 10.2. The van der Waals surface area contributed by atoms with E-state index in [9.17, 15) is 13.2 Å². The van der Waals surface area contributed by atoms with Gasteiger partial charge in [0.25, 0.3) is 0 Å². The van der Waals surface area contributed by atoms with Crippen LogP contribution in [0.5, 0.6) is 0 Å². The van der Waals surface area contributed by atoms with E-state index in [4.69, 9.17) is 0 Å². The molecule has 0 unspecified atom stereocenters. The lowest BCUT2D eigenvalue weighted by Gasteiger charge is -2.18. The van der Waals surface area contributed by atoms with Crippen LogP contribution in [-0.2, 0) is 21.2 Å². The summed E-state index contributed by atoms with van der Waals surface area (Å²) in [5.74, 6) is 0.0198. The second-order valence-electron chi connectivity index (χ2n) is 6.51. The Kier molecular flexibility index (Phi) is 5.82. The van der Waals surface area contributed by atoms with Crippen molar-refractivity contribution in [2.75, 3.05) is 37.6 Å². The van der Waals surface area contributed by atoms with Crippen molar-refractivity contribution >= 4 is 37.5 Å². The predicted molar refractivity (Wildman–Crippen MR) is 101 cm³/mol. The van der Waals surface area contributed by atoms with Crippen LogP contribution in [0.4, 0.5) is 5.69 Å². The van der Waals surface area contributed by atoms with Gasteiger partial charge in [0.2, 0.25) is 15.9 Å². The van der Waals surface area contributed by atoms with Crippen molar-refractivity contribution in [3.63, 3.8) is 0 Å². The van der Waals surface area contributed by atoms with E-state index in [1.54, 1.807) is 11.0 Å². The van der Waals surface area contributed by atoms with E-state index in [1.165, 1.54) is 12.8 Å². The van der Waals surface area contributed by atoms with Gasteiger partial charge in [-0.1, -0.05) is 6.92 Å². The third-order valence-electron chi connectivity index (χ3n) is 4.84. The van der Waals surface area contributed by atoms with Gasteiger partial charge in [-0.05, 0) is 66.0 Å². The zero-order chi connectivity index (χ0) is 18.0. The summed E-state index contributed by atoms with van der Waals surface area (Å²) in [5, 5.41) is 0. The summed E-state index contributed by atoms with van der Waals surface area (Å²) in [7, 11) is -3.62. The molecule has 2 aliphatic heterocycles. The highest BCUT2D eigenvalue weighted by molar-refractivity contribution is 9.10. The Hall–Kier alpha value is -0.960. The van der Waals surface area contributed by atoms with Crippen molar-refractivity contribution < 1.29 is 13.2 Å². The third-order valence-corrected chi connectivity index (χ3v) is 7.26. The molecule has 0 bridgehead atoms. The molecule has 1 amide bonds. The van der Waals surface area contributed by atoms with E-state index in [0.29, 0.717) is 24.0 Å². The average molecular weight is 430 g/mol. The number of carbonyl (C=O) groups excluding carboxylic acids is 1. The fourth-order valence-corrected chi connectivity index (χ4v) is 5.59. The van der Waals surface area contributed by atoms with Crippen LogP contribution in [0.1, 0.15) is 31.7 Å². The highest BCUT2D eigenvalue weighted by Crippen LogP contribution is 2.35. The molecule has 8 heteroatoms. The van der Waals surface area contributed by atoms with Crippen molar-refractivity contribution in [2.24, 2.45) is 0 Å². The van der Waals surface area contributed by atoms with E-state index in [0.717, 1.165) is 37.3 Å². The maximum absolute atomic E-state index is 12.7. The van der Waals surface area contributed by atoms with Crippen LogP contribution in [0.15, 0.2) is 21.5 Å². The number of benzene rings is 1. The molecule has 25 heavy (non-hydrogen) atoms. The van der Waals surface area contributed by atoms with E-state index < -0.39 is 10.0 Å². The summed E-state index contributed by atoms with van der Waals surface area (Å²) in [5.41, 5.74) is 1.72. The largest absolute Gasteiger partial charge is 0.312 e. The number of sulfonamides is 1. The zero-order valence-corrected chi connectivity index (χ0v) is 16.8. The van der Waals surface area contributed by atoms with Gasteiger partial charge in [-0.2, -0.15) is 0 Å². The number of likely N-dealkylation sites (tertiary alicyclic amines) is 1. The lowest BCUT2D eigenvalue weighted by molar-refractivity contribution is -0.118. The van der Waals surface area contributed by atoms with Crippen LogP contribution in [-0.4, -0.2) is 51.9 Å². The van der Waals surface area contributed by atoms with Crippen LogP contribution in [0.2, 0.25) is 0 Å². The molecule has 6 nitrogen and oxygen atoms in total. The number of nitrogens with zero attached hydrogens (tertiary/aromatic N) is 2. The molecule has 1 aromatic rings. The molecular weight excluding hydrogens is 406 g/mol. The molecule has 0 radical (unpaired) electrons. The SMILES string of the molecule is CCC(=O)N1CCc2cc(Br)c(S(=O)(=O)NCCN3CCCC3)cc21. The summed E-state index contributed by atoms with van der Waals surface area (Å²) >= 11 is 3.38. The van der Waals surface area contributed by atoms with Crippen LogP contribution < -0.4 is 9.62 Å². The molecule has 1 aromatic carbocycles. The summed E-state index contributed by atoms with van der Waals surface area (Å²) < 4.78 is 28.7. The number of anilines is 1. The number of halogens is 1. The number of fused-ring (bicyclic) bond motifs is 1. The van der Waals surface area contributed by atoms with E-state index in [-0.39, 0.29) is 10.8 Å².